The Morgan fingerprint density at radius 3 is 2.60 bits per heavy atom. The molecular weight excluding hydrogens is 216 g/mol. The molecule has 0 radical (unpaired) electrons. The van der Waals surface area contributed by atoms with E-state index in [1.807, 2.05) is 0 Å². The zero-order valence-electron chi connectivity index (χ0n) is 7.85. The first-order valence-corrected chi connectivity index (χ1v) is 4.84. The van der Waals surface area contributed by atoms with Crippen LogP contribution in [0.4, 0.5) is 5.69 Å². The number of halogens is 1. The number of carbonyl (C=O) groups is 1. The molecule has 2 rings (SSSR count). The molecule has 1 aromatic rings. The summed E-state index contributed by atoms with van der Waals surface area (Å²) in [4.78, 5) is 11.5. The molecule has 0 aliphatic carbocycles. The van der Waals surface area contributed by atoms with E-state index in [2.05, 4.69) is 5.10 Å². The molecule has 1 heterocycles. The summed E-state index contributed by atoms with van der Waals surface area (Å²) in [5.74, 6) is -0.138. The number of nitrogens with zero attached hydrogens (tertiary/aromatic N) is 2. The molecule has 78 valence electrons. The van der Waals surface area contributed by atoms with Gasteiger partial charge in [-0.3, -0.25) is 4.79 Å². The van der Waals surface area contributed by atoms with Gasteiger partial charge in [-0.15, -0.1) is 0 Å². The van der Waals surface area contributed by atoms with Gasteiger partial charge in [0.1, 0.15) is 0 Å². The average Bonchev–Trinajstić information content (AvgIpc) is 2.61. The van der Waals surface area contributed by atoms with Crippen LogP contribution in [0.1, 0.15) is 6.42 Å². The Balaban J connectivity index is 2.28. The van der Waals surface area contributed by atoms with Gasteiger partial charge in [-0.2, -0.15) is 5.10 Å². The summed E-state index contributed by atoms with van der Waals surface area (Å²) in [5.41, 5.74) is 1.14. The van der Waals surface area contributed by atoms with Crippen LogP contribution in [-0.4, -0.2) is 23.3 Å². The van der Waals surface area contributed by atoms with E-state index < -0.39 is 0 Å². The van der Waals surface area contributed by atoms with Gasteiger partial charge >= 0.3 is 0 Å². The maximum absolute atomic E-state index is 11.5. The van der Waals surface area contributed by atoms with Crippen molar-refractivity contribution in [1.82, 2.24) is 0 Å². The van der Waals surface area contributed by atoms with Crippen molar-refractivity contribution in [1.29, 1.82) is 0 Å². The van der Waals surface area contributed by atoms with Crippen LogP contribution in [0.15, 0.2) is 29.4 Å². The van der Waals surface area contributed by atoms with Crippen LogP contribution >= 0.6 is 11.6 Å². The third kappa shape index (κ3) is 2.00. The SMILES string of the molecule is O=C1CC(CO)=NN1c1ccc(Cl)cc1. The highest BCUT2D eigenvalue weighted by molar-refractivity contribution is 6.30. The summed E-state index contributed by atoms with van der Waals surface area (Å²) in [6, 6.07) is 6.81. The maximum atomic E-state index is 11.5. The average molecular weight is 225 g/mol. The van der Waals surface area contributed by atoms with Crippen LogP contribution in [0.5, 0.6) is 0 Å². The summed E-state index contributed by atoms with van der Waals surface area (Å²) < 4.78 is 0. The fraction of sp³-hybridized carbons (Fsp3) is 0.200. The second-order valence-electron chi connectivity index (χ2n) is 3.18. The van der Waals surface area contributed by atoms with Gasteiger partial charge in [-0.05, 0) is 24.3 Å². The zero-order chi connectivity index (χ0) is 10.8. The molecule has 0 saturated carbocycles. The molecule has 0 aromatic heterocycles. The number of hydrazone groups is 1. The molecule has 0 fully saturated rings. The highest BCUT2D eigenvalue weighted by Crippen LogP contribution is 2.22. The summed E-state index contributed by atoms with van der Waals surface area (Å²) in [6.45, 7) is -0.185. The number of hydrogen-bond donors (Lipinski definition) is 1. The van der Waals surface area contributed by atoms with E-state index in [9.17, 15) is 4.79 Å². The van der Waals surface area contributed by atoms with Gasteiger partial charge in [0.15, 0.2) is 0 Å². The maximum Gasteiger partial charge on any atom is 0.253 e. The van der Waals surface area contributed by atoms with Crippen LogP contribution in [0.2, 0.25) is 5.02 Å². The molecular formula is C10H9ClN2O2. The lowest BCUT2D eigenvalue weighted by atomic mass is 10.2. The number of anilines is 1. The largest absolute Gasteiger partial charge is 0.390 e. The lowest BCUT2D eigenvalue weighted by molar-refractivity contribution is -0.116. The number of aliphatic hydroxyl groups is 1. The van der Waals surface area contributed by atoms with E-state index in [0.29, 0.717) is 16.4 Å². The van der Waals surface area contributed by atoms with E-state index in [4.69, 9.17) is 16.7 Å². The van der Waals surface area contributed by atoms with Gasteiger partial charge < -0.3 is 5.11 Å². The van der Waals surface area contributed by atoms with Crippen molar-refractivity contribution in [2.24, 2.45) is 5.10 Å². The predicted molar refractivity (Wildman–Crippen MR) is 58.1 cm³/mol. The minimum Gasteiger partial charge on any atom is -0.390 e. The first-order valence-electron chi connectivity index (χ1n) is 4.46. The van der Waals surface area contributed by atoms with Crippen LogP contribution < -0.4 is 5.01 Å². The normalized spacial score (nSPS) is 15.7. The number of rotatable bonds is 2. The van der Waals surface area contributed by atoms with E-state index in [-0.39, 0.29) is 18.9 Å². The molecule has 0 saturated heterocycles. The van der Waals surface area contributed by atoms with E-state index in [1.165, 1.54) is 5.01 Å². The fourth-order valence-corrected chi connectivity index (χ4v) is 1.48. The van der Waals surface area contributed by atoms with Crippen molar-refractivity contribution >= 4 is 28.9 Å². The molecule has 5 heteroatoms. The van der Waals surface area contributed by atoms with E-state index in [0.717, 1.165) is 0 Å². The Kier molecular flexibility index (Phi) is 2.70. The summed E-state index contributed by atoms with van der Waals surface area (Å²) in [6.07, 6.45) is 0.180. The van der Waals surface area contributed by atoms with Gasteiger partial charge in [0, 0.05) is 5.02 Å². The van der Waals surface area contributed by atoms with Gasteiger partial charge in [0.05, 0.1) is 24.4 Å². The smallest absolute Gasteiger partial charge is 0.253 e. The number of aliphatic hydroxyl groups excluding tert-OH is 1. The van der Waals surface area contributed by atoms with Crippen LogP contribution in [0, 0.1) is 0 Å². The minimum absolute atomic E-state index is 0.138. The highest BCUT2D eigenvalue weighted by atomic mass is 35.5. The van der Waals surface area contributed by atoms with Crippen molar-refractivity contribution in [3.63, 3.8) is 0 Å². The fourth-order valence-electron chi connectivity index (χ4n) is 1.35. The summed E-state index contributed by atoms with van der Waals surface area (Å²) in [5, 5.41) is 14.7. The van der Waals surface area contributed by atoms with Crippen LogP contribution in [-0.2, 0) is 4.79 Å². The number of benzene rings is 1. The number of hydrogen-bond acceptors (Lipinski definition) is 3. The molecule has 0 bridgehead atoms. The Morgan fingerprint density at radius 2 is 2.07 bits per heavy atom. The van der Waals surface area contributed by atoms with Gasteiger partial charge in [-0.25, -0.2) is 5.01 Å². The standard InChI is InChI=1S/C10H9ClN2O2/c11-7-1-3-9(4-2-7)13-10(15)5-8(6-14)12-13/h1-4,14H,5-6H2. The molecule has 0 atom stereocenters. The van der Waals surface area contributed by atoms with Crippen molar-refractivity contribution in [2.75, 3.05) is 11.6 Å². The Bertz CT molecular complexity index is 414. The topological polar surface area (TPSA) is 52.9 Å². The number of carbonyl (C=O) groups excluding carboxylic acids is 1. The molecule has 1 aliphatic heterocycles. The number of amides is 1. The highest BCUT2D eigenvalue weighted by Gasteiger charge is 2.24. The van der Waals surface area contributed by atoms with Gasteiger partial charge in [-0.1, -0.05) is 11.6 Å². The molecule has 0 unspecified atom stereocenters. The lowest BCUT2D eigenvalue weighted by Gasteiger charge is -2.10. The van der Waals surface area contributed by atoms with Gasteiger partial charge in [0.25, 0.3) is 5.91 Å². The zero-order valence-corrected chi connectivity index (χ0v) is 8.61. The third-order valence-corrected chi connectivity index (χ3v) is 2.34. The second kappa shape index (κ2) is 4.00. The van der Waals surface area contributed by atoms with E-state index in [1.54, 1.807) is 24.3 Å². The molecule has 4 nitrogen and oxygen atoms in total. The molecule has 0 spiro atoms. The molecule has 1 aromatic carbocycles. The minimum atomic E-state index is -0.185. The molecule has 1 aliphatic rings. The first-order chi connectivity index (χ1) is 7.20. The predicted octanol–water partition coefficient (Wildman–Crippen LogP) is 1.43. The lowest BCUT2D eigenvalue weighted by Crippen LogP contribution is -2.19. The van der Waals surface area contributed by atoms with Crippen LogP contribution in [0.3, 0.4) is 0 Å². The van der Waals surface area contributed by atoms with Crippen LogP contribution in [0.25, 0.3) is 0 Å². The quantitative estimate of drug-likeness (QED) is 0.826. The van der Waals surface area contributed by atoms with E-state index >= 15 is 0 Å². The van der Waals surface area contributed by atoms with Crippen molar-refractivity contribution in [3.8, 4) is 0 Å². The monoisotopic (exact) mass is 224 g/mol. The Hall–Kier alpha value is -1.39. The summed E-state index contributed by atoms with van der Waals surface area (Å²) in [7, 11) is 0. The van der Waals surface area contributed by atoms with Crippen molar-refractivity contribution in [2.45, 2.75) is 6.42 Å². The Labute approximate surface area is 91.8 Å². The molecule has 15 heavy (non-hydrogen) atoms. The first kappa shape index (κ1) is 10.1. The van der Waals surface area contributed by atoms with Crippen molar-refractivity contribution in [3.05, 3.63) is 29.3 Å². The van der Waals surface area contributed by atoms with Crippen molar-refractivity contribution < 1.29 is 9.90 Å². The third-order valence-electron chi connectivity index (χ3n) is 2.09. The molecule has 1 amide bonds. The second-order valence-corrected chi connectivity index (χ2v) is 3.62. The van der Waals surface area contributed by atoms with Gasteiger partial charge in [0.2, 0.25) is 0 Å². The molecule has 1 N–H and O–H groups in total. The summed E-state index contributed by atoms with van der Waals surface area (Å²) >= 11 is 5.73. The Morgan fingerprint density at radius 1 is 1.40 bits per heavy atom.